The molecule has 1 aromatic rings. The monoisotopic (exact) mass is 295 g/mol. The van der Waals surface area contributed by atoms with Gasteiger partial charge in [-0.05, 0) is 20.8 Å². The maximum absolute atomic E-state index is 11.5. The third-order valence-electron chi connectivity index (χ3n) is 1.94. The normalized spacial score (nSPS) is 12.2. The molecular weight excluding hydrogens is 277 g/mol. The summed E-state index contributed by atoms with van der Waals surface area (Å²) in [6.45, 7) is 5.21. The average Bonchev–Trinajstić information content (AvgIpc) is 2.66. The van der Waals surface area contributed by atoms with E-state index in [0.717, 1.165) is 0 Å². The standard InChI is InChI=1S/C11H17N3O4.K.H/c1-11(2,3)18-10(17)13-8(9(15)16)6-14-5-4-12-7-14;;/h4-5,7-8H,6H2,1-3H3,(H,13,17)(H,15,16);;/q;+1;-1/t8-;;/m1../s1. The summed E-state index contributed by atoms with van der Waals surface area (Å²) in [6, 6.07) is -1.06. The smallest absolute Gasteiger partial charge is 1.00 e. The minimum Gasteiger partial charge on any atom is -1.00 e. The summed E-state index contributed by atoms with van der Waals surface area (Å²) in [5.74, 6) is -1.13. The van der Waals surface area contributed by atoms with Crippen LogP contribution in [0.1, 0.15) is 22.2 Å². The van der Waals surface area contributed by atoms with Crippen molar-refractivity contribution in [3.05, 3.63) is 18.7 Å². The van der Waals surface area contributed by atoms with E-state index in [1.54, 1.807) is 31.5 Å². The van der Waals surface area contributed by atoms with E-state index in [0.29, 0.717) is 0 Å². The Morgan fingerprint density at radius 3 is 2.58 bits per heavy atom. The minimum atomic E-state index is -1.13. The summed E-state index contributed by atoms with van der Waals surface area (Å²) < 4.78 is 6.56. The molecule has 2 N–H and O–H groups in total. The second kappa shape index (κ2) is 8.00. The van der Waals surface area contributed by atoms with E-state index in [-0.39, 0.29) is 59.4 Å². The predicted octanol–water partition coefficient (Wildman–Crippen LogP) is -2.02. The number of carboxylic acids is 1. The van der Waals surface area contributed by atoms with Gasteiger partial charge in [-0.15, -0.1) is 0 Å². The zero-order chi connectivity index (χ0) is 13.8. The molecule has 102 valence electrons. The average molecular weight is 295 g/mol. The number of hydrogen-bond donors (Lipinski definition) is 2. The number of aromatic nitrogens is 2. The van der Waals surface area contributed by atoms with Gasteiger partial charge in [-0.1, -0.05) is 0 Å². The van der Waals surface area contributed by atoms with Crippen LogP contribution in [0.25, 0.3) is 0 Å². The Balaban J connectivity index is 0. The molecule has 0 fully saturated rings. The molecule has 1 amide bonds. The Kier molecular flexibility index (Phi) is 7.83. The summed E-state index contributed by atoms with van der Waals surface area (Å²) in [7, 11) is 0. The number of rotatable bonds is 4. The Bertz CT molecular complexity index is 420. The number of amides is 1. The second-order valence-corrected chi connectivity index (χ2v) is 4.80. The fourth-order valence-corrected chi connectivity index (χ4v) is 1.24. The first kappa shape index (κ1) is 18.6. The van der Waals surface area contributed by atoms with Crippen LogP contribution in [0.5, 0.6) is 0 Å². The summed E-state index contributed by atoms with van der Waals surface area (Å²) in [6.07, 6.45) is 3.88. The number of hydrogen-bond acceptors (Lipinski definition) is 4. The van der Waals surface area contributed by atoms with E-state index in [1.165, 1.54) is 12.5 Å². The molecule has 0 aliphatic rings. The van der Waals surface area contributed by atoms with Crippen molar-refractivity contribution in [1.82, 2.24) is 14.9 Å². The largest absolute Gasteiger partial charge is 1.00 e. The fourth-order valence-electron chi connectivity index (χ4n) is 1.24. The van der Waals surface area contributed by atoms with Crippen LogP contribution in [0.15, 0.2) is 18.7 Å². The van der Waals surface area contributed by atoms with Crippen molar-refractivity contribution in [1.29, 1.82) is 0 Å². The van der Waals surface area contributed by atoms with Crippen molar-refractivity contribution >= 4 is 12.1 Å². The molecule has 0 aromatic carbocycles. The van der Waals surface area contributed by atoms with Crippen molar-refractivity contribution in [2.75, 3.05) is 0 Å². The molecule has 1 heterocycles. The Labute approximate surface area is 155 Å². The van der Waals surface area contributed by atoms with Crippen molar-refractivity contribution in [3.63, 3.8) is 0 Å². The number of carbonyl (C=O) groups is 2. The van der Waals surface area contributed by atoms with Crippen molar-refractivity contribution < 1.29 is 72.2 Å². The molecule has 0 spiro atoms. The van der Waals surface area contributed by atoms with Crippen LogP contribution in [-0.4, -0.2) is 38.4 Å². The van der Waals surface area contributed by atoms with Crippen LogP contribution in [0.3, 0.4) is 0 Å². The van der Waals surface area contributed by atoms with Crippen molar-refractivity contribution in [2.24, 2.45) is 0 Å². The molecule has 0 aliphatic carbocycles. The van der Waals surface area contributed by atoms with Gasteiger partial charge >= 0.3 is 63.4 Å². The molecule has 1 aromatic heterocycles. The van der Waals surface area contributed by atoms with E-state index in [9.17, 15) is 9.59 Å². The number of alkyl carbamates (subject to hydrolysis) is 1. The molecule has 8 heteroatoms. The van der Waals surface area contributed by atoms with Gasteiger partial charge in [-0.25, -0.2) is 14.6 Å². The summed E-state index contributed by atoms with van der Waals surface area (Å²) in [4.78, 5) is 26.3. The Hall–Kier alpha value is -0.414. The fraction of sp³-hybridized carbons (Fsp3) is 0.545. The first-order chi connectivity index (χ1) is 8.28. The van der Waals surface area contributed by atoms with Gasteiger partial charge in [-0.3, -0.25) is 0 Å². The van der Waals surface area contributed by atoms with E-state index >= 15 is 0 Å². The molecule has 0 radical (unpaired) electrons. The minimum absolute atomic E-state index is 0. The number of imidazole rings is 1. The van der Waals surface area contributed by atoms with E-state index in [2.05, 4.69) is 10.3 Å². The molecule has 0 saturated carbocycles. The maximum Gasteiger partial charge on any atom is 1.00 e. The second-order valence-electron chi connectivity index (χ2n) is 4.80. The number of nitrogens with one attached hydrogen (secondary N) is 1. The molecule has 1 atom stereocenters. The molecule has 0 unspecified atom stereocenters. The van der Waals surface area contributed by atoms with Crippen LogP contribution in [0, 0.1) is 0 Å². The van der Waals surface area contributed by atoms with E-state index in [4.69, 9.17) is 9.84 Å². The first-order valence-corrected chi connectivity index (χ1v) is 5.46. The van der Waals surface area contributed by atoms with Gasteiger partial charge in [0.1, 0.15) is 11.6 Å². The molecule has 7 nitrogen and oxygen atoms in total. The van der Waals surface area contributed by atoms with Crippen LogP contribution in [-0.2, 0) is 16.1 Å². The van der Waals surface area contributed by atoms with Crippen LogP contribution < -0.4 is 56.7 Å². The van der Waals surface area contributed by atoms with Gasteiger partial charge in [0, 0.05) is 12.4 Å². The van der Waals surface area contributed by atoms with Gasteiger partial charge in [0.25, 0.3) is 0 Å². The molecular formula is C11H18KN3O4. The summed E-state index contributed by atoms with van der Waals surface area (Å²) in [5, 5.41) is 11.3. The third-order valence-corrected chi connectivity index (χ3v) is 1.94. The molecule has 1 rings (SSSR count). The topological polar surface area (TPSA) is 93.5 Å². The van der Waals surface area contributed by atoms with Gasteiger partial charge in [-0.2, -0.15) is 0 Å². The Morgan fingerprint density at radius 2 is 2.16 bits per heavy atom. The SMILES string of the molecule is CC(C)(C)OC(=O)N[C@H](Cn1ccnc1)C(=O)O.[H-].[K+]. The summed E-state index contributed by atoms with van der Waals surface area (Å²) >= 11 is 0. The van der Waals surface area contributed by atoms with Crippen LogP contribution >= 0.6 is 0 Å². The molecule has 19 heavy (non-hydrogen) atoms. The van der Waals surface area contributed by atoms with Crippen molar-refractivity contribution in [3.8, 4) is 0 Å². The zero-order valence-corrected chi connectivity index (χ0v) is 14.7. The van der Waals surface area contributed by atoms with Gasteiger partial charge < -0.3 is 21.2 Å². The van der Waals surface area contributed by atoms with Gasteiger partial charge in [0.05, 0.1) is 12.9 Å². The van der Waals surface area contributed by atoms with E-state index in [1.807, 2.05) is 0 Å². The molecule has 0 bridgehead atoms. The van der Waals surface area contributed by atoms with E-state index < -0.39 is 23.7 Å². The third kappa shape index (κ3) is 7.68. The zero-order valence-electron chi connectivity index (χ0n) is 12.6. The Morgan fingerprint density at radius 1 is 1.53 bits per heavy atom. The number of carbonyl (C=O) groups excluding carboxylic acids is 1. The molecule has 0 saturated heterocycles. The van der Waals surface area contributed by atoms with Gasteiger partial charge in [0.2, 0.25) is 0 Å². The van der Waals surface area contributed by atoms with Crippen LogP contribution in [0.4, 0.5) is 4.79 Å². The molecule has 0 aliphatic heterocycles. The quantitative estimate of drug-likeness (QED) is 0.625. The number of nitrogens with zero attached hydrogens (tertiary/aromatic N) is 2. The first-order valence-electron chi connectivity index (χ1n) is 5.46. The van der Waals surface area contributed by atoms with Crippen molar-refractivity contribution in [2.45, 2.75) is 39.0 Å². The number of ether oxygens (including phenoxy) is 1. The van der Waals surface area contributed by atoms with Crippen LogP contribution in [0.2, 0.25) is 0 Å². The van der Waals surface area contributed by atoms with Gasteiger partial charge in [0.15, 0.2) is 0 Å². The number of aliphatic carboxylic acids is 1. The predicted molar refractivity (Wildman–Crippen MR) is 64.1 cm³/mol. The number of carboxylic acid groups (broad SMARTS) is 1. The summed E-state index contributed by atoms with van der Waals surface area (Å²) in [5.41, 5.74) is -0.665. The maximum atomic E-state index is 11.5.